The van der Waals surface area contributed by atoms with Gasteiger partial charge in [-0.3, -0.25) is 4.90 Å². The second-order valence-corrected chi connectivity index (χ2v) is 4.35. The van der Waals surface area contributed by atoms with Crippen LogP contribution in [0.3, 0.4) is 0 Å². The quantitative estimate of drug-likeness (QED) is 0.716. The first-order valence-electron chi connectivity index (χ1n) is 5.87. The minimum atomic E-state index is 0.682. The minimum Gasteiger partial charge on any atom is -0.315 e. The highest BCUT2D eigenvalue weighted by Gasteiger charge is 2.16. The van der Waals surface area contributed by atoms with Crippen molar-refractivity contribution in [3.63, 3.8) is 0 Å². The van der Waals surface area contributed by atoms with Crippen LogP contribution in [-0.2, 0) is 0 Å². The maximum Gasteiger partial charge on any atom is 0.0192 e. The molecule has 0 aromatic carbocycles. The molecule has 1 aliphatic heterocycles. The van der Waals surface area contributed by atoms with Crippen LogP contribution < -0.4 is 5.32 Å². The maximum absolute atomic E-state index is 3.42. The van der Waals surface area contributed by atoms with Crippen LogP contribution in [0.5, 0.6) is 0 Å². The van der Waals surface area contributed by atoms with E-state index in [1.165, 1.54) is 32.6 Å². The highest BCUT2D eigenvalue weighted by Crippen LogP contribution is 2.04. The van der Waals surface area contributed by atoms with Crippen molar-refractivity contribution in [2.45, 2.75) is 26.3 Å². The van der Waals surface area contributed by atoms with Crippen LogP contribution in [0.15, 0.2) is 0 Å². The van der Waals surface area contributed by atoms with Gasteiger partial charge in [-0.2, -0.15) is 0 Å². The van der Waals surface area contributed by atoms with E-state index in [1.54, 1.807) is 0 Å². The van der Waals surface area contributed by atoms with Crippen LogP contribution >= 0.6 is 0 Å². The van der Waals surface area contributed by atoms with E-state index in [0.717, 1.165) is 13.1 Å². The summed E-state index contributed by atoms with van der Waals surface area (Å²) < 4.78 is 0. The Labute approximate surface area is 88.5 Å². The van der Waals surface area contributed by atoms with E-state index in [0.29, 0.717) is 6.04 Å². The van der Waals surface area contributed by atoms with Crippen molar-refractivity contribution in [3.05, 3.63) is 0 Å². The third-order valence-electron chi connectivity index (χ3n) is 3.07. The Morgan fingerprint density at radius 3 is 2.71 bits per heavy atom. The van der Waals surface area contributed by atoms with Crippen molar-refractivity contribution < 1.29 is 0 Å². The van der Waals surface area contributed by atoms with Gasteiger partial charge in [-0.1, -0.05) is 6.92 Å². The summed E-state index contributed by atoms with van der Waals surface area (Å²) in [5.74, 6) is 0. The summed E-state index contributed by atoms with van der Waals surface area (Å²) in [6.45, 7) is 11.7. The minimum absolute atomic E-state index is 0.682. The van der Waals surface area contributed by atoms with Crippen molar-refractivity contribution in [1.82, 2.24) is 15.1 Å². The van der Waals surface area contributed by atoms with Crippen molar-refractivity contribution in [3.8, 4) is 0 Å². The van der Waals surface area contributed by atoms with Gasteiger partial charge in [0.05, 0.1) is 0 Å². The lowest BCUT2D eigenvalue weighted by Crippen LogP contribution is -2.42. The molecule has 1 atom stereocenters. The highest BCUT2D eigenvalue weighted by atomic mass is 15.2. The molecule has 0 amide bonds. The number of likely N-dealkylation sites (N-methyl/N-ethyl adjacent to an activating group) is 2. The normalized spacial score (nSPS) is 23.4. The molecule has 1 saturated heterocycles. The zero-order valence-electron chi connectivity index (χ0n) is 9.92. The summed E-state index contributed by atoms with van der Waals surface area (Å²) in [6.07, 6.45) is 1.31. The van der Waals surface area contributed by atoms with Gasteiger partial charge in [0.2, 0.25) is 0 Å². The second kappa shape index (κ2) is 6.38. The standard InChI is InChI=1S/C11H25N3/c1-4-12-10-11(2)14-7-5-6-13(3)8-9-14/h11-12H,4-10H2,1-3H3. The average Bonchev–Trinajstić information content (AvgIpc) is 2.39. The predicted molar refractivity (Wildman–Crippen MR) is 61.7 cm³/mol. The summed E-state index contributed by atoms with van der Waals surface area (Å²) in [5, 5.41) is 3.42. The van der Waals surface area contributed by atoms with Crippen LogP contribution in [0.25, 0.3) is 0 Å². The molecule has 0 saturated carbocycles. The Bertz CT molecular complexity index is 149. The average molecular weight is 199 g/mol. The van der Waals surface area contributed by atoms with Crippen LogP contribution in [0, 0.1) is 0 Å². The number of hydrogen-bond donors (Lipinski definition) is 1. The number of hydrogen-bond acceptors (Lipinski definition) is 3. The molecule has 1 rings (SSSR count). The van der Waals surface area contributed by atoms with Crippen molar-refractivity contribution in [2.75, 3.05) is 46.3 Å². The Morgan fingerprint density at radius 1 is 1.21 bits per heavy atom. The highest BCUT2D eigenvalue weighted by molar-refractivity contribution is 4.74. The van der Waals surface area contributed by atoms with Crippen molar-refractivity contribution in [1.29, 1.82) is 0 Å². The Balaban J connectivity index is 2.27. The van der Waals surface area contributed by atoms with Gasteiger partial charge in [0, 0.05) is 25.7 Å². The SMILES string of the molecule is CCNCC(C)N1CCCN(C)CC1. The van der Waals surface area contributed by atoms with E-state index < -0.39 is 0 Å². The van der Waals surface area contributed by atoms with Crippen molar-refractivity contribution in [2.24, 2.45) is 0 Å². The van der Waals surface area contributed by atoms with Gasteiger partial charge in [0.15, 0.2) is 0 Å². The fraction of sp³-hybridized carbons (Fsp3) is 1.00. The van der Waals surface area contributed by atoms with Gasteiger partial charge in [-0.05, 0) is 40.0 Å². The largest absolute Gasteiger partial charge is 0.315 e. The molecule has 0 radical (unpaired) electrons. The van der Waals surface area contributed by atoms with Gasteiger partial charge < -0.3 is 10.2 Å². The molecule has 0 spiro atoms. The summed E-state index contributed by atoms with van der Waals surface area (Å²) in [4.78, 5) is 5.03. The summed E-state index contributed by atoms with van der Waals surface area (Å²) in [6, 6.07) is 0.682. The molecule has 0 bridgehead atoms. The van der Waals surface area contributed by atoms with Crippen LogP contribution in [0.4, 0.5) is 0 Å². The Hall–Kier alpha value is -0.120. The van der Waals surface area contributed by atoms with E-state index in [9.17, 15) is 0 Å². The molecular weight excluding hydrogens is 174 g/mol. The molecular formula is C11H25N3. The Kier molecular flexibility index (Phi) is 5.45. The second-order valence-electron chi connectivity index (χ2n) is 4.35. The summed E-state index contributed by atoms with van der Waals surface area (Å²) in [5.41, 5.74) is 0. The zero-order valence-corrected chi connectivity index (χ0v) is 9.92. The van der Waals surface area contributed by atoms with E-state index in [-0.39, 0.29) is 0 Å². The first-order chi connectivity index (χ1) is 6.74. The molecule has 3 heteroatoms. The van der Waals surface area contributed by atoms with Crippen LogP contribution in [0.1, 0.15) is 20.3 Å². The van der Waals surface area contributed by atoms with Gasteiger partial charge in [-0.25, -0.2) is 0 Å². The van der Waals surface area contributed by atoms with E-state index in [4.69, 9.17) is 0 Å². The van der Waals surface area contributed by atoms with Crippen molar-refractivity contribution >= 4 is 0 Å². The topological polar surface area (TPSA) is 18.5 Å². The van der Waals surface area contributed by atoms with Crippen LogP contribution in [0.2, 0.25) is 0 Å². The molecule has 1 N–H and O–H groups in total. The van der Waals surface area contributed by atoms with E-state index >= 15 is 0 Å². The fourth-order valence-corrected chi connectivity index (χ4v) is 1.99. The van der Waals surface area contributed by atoms with Gasteiger partial charge in [0.1, 0.15) is 0 Å². The predicted octanol–water partition coefficient (Wildman–Crippen LogP) is 0.622. The number of nitrogens with one attached hydrogen (secondary N) is 1. The van der Waals surface area contributed by atoms with Gasteiger partial charge in [0.25, 0.3) is 0 Å². The third-order valence-corrected chi connectivity index (χ3v) is 3.07. The number of nitrogens with zero attached hydrogens (tertiary/aromatic N) is 2. The number of rotatable bonds is 4. The first-order valence-corrected chi connectivity index (χ1v) is 5.87. The lowest BCUT2D eigenvalue weighted by Gasteiger charge is -2.27. The molecule has 0 aromatic heterocycles. The lowest BCUT2D eigenvalue weighted by atomic mass is 10.2. The molecule has 1 unspecified atom stereocenters. The smallest absolute Gasteiger partial charge is 0.0192 e. The zero-order chi connectivity index (χ0) is 10.4. The fourth-order valence-electron chi connectivity index (χ4n) is 1.99. The molecule has 0 aliphatic carbocycles. The molecule has 14 heavy (non-hydrogen) atoms. The van der Waals surface area contributed by atoms with Gasteiger partial charge >= 0.3 is 0 Å². The summed E-state index contributed by atoms with van der Waals surface area (Å²) >= 11 is 0. The van der Waals surface area contributed by atoms with E-state index in [2.05, 4.69) is 36.0 Å². The maximum atomic E-state index is 3.42. The molecule has 84 valence electrons. The molecule has 3 nitrogen and oxygen atoms in total. The Morgan fingerprint density at radius 2 is 2.00 bits per heavy atom. The molecule has 1 aliphatic rings. The first kappa shape index (κ1) is 12.0. The van der Waals surface area contributed by atoms with E-state index in [1.807, 2.05) is 0 Å². The molecule has 1 fully saturated rings. The van der Waals surface area contributed by atoms with Gasteiger partial charge in [-0.15, -0.1) is 0 Å². The van der Waals surface area contributed by atoms with Crippen LogP contribution in [-0.4, -0.2) is 62.2 Å². The lowest BCUT2D eigenvalue weighted by molar-refractivity contribution is 0.211. The molecule has 0 aromatic rings. The monoisotopic (exact) mass is 199 g/mol. The summed E-state index contributed by atoms with van der Waals surface area (Å²) in [7, 11) is 2.22. The molecule has 1 heterocycles. The third kappa shape index (κ3) is 3.95.